The molecule has 0 amide bonds. The number of nitrogens with zero attached hydrogens (tertiary/aromatic N) is 1. The Morgan fingerprint density at radius 3 is 3.00 bits per heavy atom. The standard InChI is InChI=1S/C15H15N3O2/c1-2-11-8-17-14(20-11)9-16-13-7-10-5-3-4-6-12(10)15(19)18-13/h3-8H,2,9H2,1H3,(H2,16,18,19). The van der Waals surface area contributed by atoms with E-state index in [1.54, 1.807) is 12.3 Å². The summed E-state index contributed by atoms with van der Waals surface area (Å²) in [7, 11) is 0. The van der Waals surface area contributed by atoms with Crippen LogP contribution in [0.4, 0.5) is 5.82 Å². The Morgan fingerprint density at radius 1 is 1.35 bits per heavy atom. The van der Waals surface area contributed by atoms with Crippen molar-refractivity contribution in [2.45, 2.75) is 19.9 Å². The second-order valence-corrected chi connectivity index (χ2v) is 4.53. The van der Waals surface area contributed by atoms with Gasteiger partial charge < -0.3 is 14.7 Å². The lowest BCUT2D eigenvalue weighted by Crippen LogP contribution is -2.10. The third-order valence-electron chi connectivity index (χ3n) is 3.13. The van der Waals surface area contributed by atoms with E-state index in [0.717, 1.165) is 17.6 Å². The lowest BCUT2D eigenvalue weighted by molar-refractivity contribution is 0.465. The maximum atomic E-state index is 11.9. The Labute approximate surface area is 115 Å². The molecular weight excluding hydrogens is 254 g/mol. The first-order valence-electron chi connectivity index (χ1n) is 6.56. The molecule has 2 N–H and O–H groups in total. The Balaban J connectivity index is 1.82. The van der Waals surface area contributed by atoms with E-state index in [1.807, 2.05) is 31.2 Å². The molecule has 3 aromatic rings. The Bertz CT molecular complexity index is 789. The molecule has 0 saturated carbocycles. The van der Waals surface area contributed by atoms with Crippen molar-refractivity contribution >= 4 is 16.6 Å². The molecule has 20 heavy (non-hydrogen) atoms. The summed E-state index contributed by atoms with van der Waals surface area (Å²) >= 11 is 0. The van der Waals surface area contributed by atoms with E-state index in [4.69, 9.17) is 4.42 Å². The second-order valence-electron chi connectivity index (χ2n) is 4.53. The number of aromatic nitrogens is 2. The average Bonchev–Trinajstić information content (AvgIpc) is 2.93. The molecule has 0 bridgehead atoms. The lowest BCUT2D eigenvalue weighted by atomic mass is 10.2. The maximum Gasteiger partial charge on any atom is 0.257 e. The third kappa shape index (κ3) is 2.42. The maximum absolute atomic E-state index is 11.9. The number of rotatable bonds is 4. The minimum absolute atomic E-state index is 0.104. The van der Waals surface area contributed by atoms with Crippen LogP contribution in [-0.2, 0) is 13.0 Å². The predicted molar refractivity (Wildman–Crippen MR) is 77.8 cm³/mol. The van der Waals surface area contributed by atoms with Crippen molar-refractivity contribution in [1.82, 2.24) is 9.97 Å². The second kappa shape index (κ2) is 5.21. The number of nitrogens with one attached hydrogen (secondary N) is 2. The van der Waals surface area contributed by atoms with Gasteiger partial charge in [-0.25, -0.2) is 4.98 Å². The molecule has 0 aliphatic carbocycles. The number of hydrogen-bond donors (Lipinski definition) is 2. The Hall–Kier alpha value is -2.56. The van der Waals surface area contributed by atoms with Crippen LogP contribution in [0, 0.1) is 0 Å². The van der Waals surface area contributed by atoms with Crippen LogP contribution in [0.15, 0.2) is 45.7 Å². The number of oxazole rings is 1. The molecule has 0 saturated heterocycles. The van der Waals surface area contributed by atoms with E-state index in [-0.39, 0.29) is 5.56 Å². The van der Waals surface area contributed by atoms with Crippen molar-refractivity contribution in [2.75, 3.05) is 5.32 Å². The van der Waals surface area contributed by atoms with Gasteiger partial charge in [-0.2, -0.15) is 0 Å². The normalized spacial score (nSPS) is 10.8. The van der Waals surface area contributed by atoms with Gasteiger partial charge in [-0.15, -0.1) is 0 Å². The van der Waals surface area contributed by atoms with E-state index < -0.39 is 0 Å². The van der Waals surface area contributed by atoms with Crippen LogP contribution >= 0.6 is 0 Å². The monoisotopic (exact) mass is 269 g/mol. The van der Waals surface area contributed by atoms with Gasteiger partial charge in [0.05, 0.1) is 12.7 Å². The number of hydrogen-bond acceptors (Lipinski definition) is 4. The van der Waals surface area contributed by atoms with Crippen LogP contribution in [0.1, 0.15) is 18.6 Å². The minimum atomic E-state index is -0.104. The number of aromatic amines is 1. The molecule has 5 heteroatoms. The van der Waals surface area contributed by atoms with Gasteiger partial charge in [0.15, 0.2) is 0 Å². The van der Waals surface area contributed by atoms with Crippen molar-refractivity contribution < 1.29 is 4.42 Å². The highest BCUT2D eigenvalue weighted by Gasteiger charge is 2.04. The van der Waals surface area contributed by atoms with E-state index >= 15 is 0 Å². The summed E-state index contributed by atoms with van der Waals surface area (Å²) < 4.78 is 5.51. The zero-order chi connectivity index (χ0) is 13.9. The zero-order valence-corrected chi connectivity index (χ0v) is 11.1. The highest BCUT2D eigenvalue weighted by molar-refractivity contribution is 5.83. The van der Waals surface area contributed by atoms with Gasteiger partial charge in [-0.1, -0.05) is 25.1 Å². The molecule has 0 unspecified atom stereocenters. The number of benzene rings is 1. The van der Waals surface area contributed by atoms with Gasteiger partial charge >= 0.3 is 0 Å². The Kier molecular flexibility index (Phi) is 3.25. The summed E-state index contributed by atoms with van der Waals surface area (Å²) in [6.45, 7) is 2.45. The molecule has 2 aromatic heterocycles. The molecular formula is C15H15N3O2. The van der Waals surface area contributed by atoms with E-state index in [9.17, 15) is 4.79 Å². The van der Waals surface area contributed by atoms with Crippen LogP contribution < -0.4 is 10.9 Å². The van der Waals surface area contributed by atoms with E-state index in [1.165, 1.54) is 0 Å². The molecule has 2 heterocycles. The van der Waals surface area contributed by atoms with Crippen LogP contribution in [0.5, 0.6) is 0 Å². The van der Waals surface area contributed by atoms with Crippen LogP contribution in [0.2, 0.25) is 0 Å². The quantitative estimate of drug-likeness (QED) is 0.764. The third-order valence-corrected chi connectivity index (χ3v) is 3.13. The van der Waals surface area contributed by atoms with Gasteiger partial charge in [0, 0.05) is 11.8 Å². The van der Waals surface area contributed by atoms with Crippen LogP contribution in [0.25, 0.3) is 10.8 Å². The lowest BCUT2D eigenvalue weighted by Gasteiger charge is -2.05. The van der Waals surface area contributed by atoms with Crippen molar-refractivity contribution in [2.24, 2.45) is 0 Å². The first kappa shape index (κ1) is 12.5. The Morgan fingerprint density at radius 2 is 2.20 bits per heavy atom. The van der Waals surface area contributed by atoms with Crippen molar-refractivity contribution in [3.8, 4) is 0 Å². The first-order chi connectivity index (χ1) is 9.76. The van der Waals surface area contributed by atoms with E-state index in [2.05, 4.69) is 15.3 Å². The summed E-state index contributed by atoms with van der Waals surface area (Å²) in [6.07, 6.45) is 2.54. The van der Waals surface area contributed by atoms with Crippen molar-refractivity contribution in [3.63, 3.8) is 0 Å². The molecule has 3 rings (SSSR count). The average molecular weight is 269 g/mol. The van der Waals surface area contributed by atoms with E-state index in [0.29, 0.717) is 23.6 Å². The molecule has 0 aliphatic heterocycles. The summed E-state index contributed by atoms with van der Waals surface area (Å²) in [5.74, 6) is 2.12. The molecule has 0 fully saturated rings. The molecule has 1 aromatic carbocycles. The summed E-state index contributed by atoms with van der Waals surface area (Å²) in [5, 5.41) is 4.71. The number of anilines is 1. The fraction of sp³-hybridized carbons (Fsp3) is 0.200. The first-order valence-corrected chi connectivity index (χ1v) is 6.56. The number of pyridine rings is 1. The van der Waals surface area contributed by atoms with Gasteiger partial charge in [0.25, 0.3) is 5.56 Å². The van der Waals surface area contributed by atoms with Gasteiger partial charge in [0.1, 0.15) is 11.6 Å². The molecule has 102 valence electrons. The SMILES string of the molecule is CCc1cnc(CNc2cc3ccccc3c(=O)[nH]2)o1. The highest BCUT2D eigenvalue weighted by Crippen LogP contribution is 2.13. The molecule has 0 atom stereocenters. The molecule has 0 aliphatic rings. The largest absolute Gasteiger partial charge is 0.444 e. The molecule has 0 spiro atoms. The number of fused-ring (bicyclic) bond motifs is 1. The smallest absolute Gasteiger partial charge is 0.257 e. The number of aryl methyl sites for hydroxylation is 1. The topological polar surface area (TPSA) is 70.9 Å². The van der Waals surface area contributed by atoms with Crippen LogP contribution in [0.3, 0.4) is 0 Å². The fourth-order valence-electron chi connectivity index (χ4n) is 2.07. The molecule has 5 nitrogen and oxygen atoms in total. The summed E-state index contributed by atoms with van der Waals surface area (Å²) in [5.41, 5.74) is -0.104. The van der Waals surface area contributed by atoms with Crippen LogP contribution in [-0.4, -0.2) is 9.97 Å². The fourth-order valence-corrected chi connectivity index (χ4v) is 2.07. The highest BCUT2D eigenvalue weighted by atomic mass is 16.4. The molecule has 0 radical (unpaired) electrons. The van der Waals surface area contributed by atoms with Gasteiger partial charge in [-0.05, 0) is 17.5 Å². The summed E-state index contributed by atoms with van der Waals surface area (Å²) in [6, 6.07) is 9.38. The predicted octanol–water partition coefficient (Wildman–Crippen LogP) is 2.69. The van der Waals surface area contributed by atoms with Crippen molar-refractivity contribution in [1.29, 1.82) is 0 Å². The number of H-pyrrole nitrogens is 1. The van der Waals surface area contributed by atoms with Gasteiger partial charge in [-0.3, -0.25) is 4.79 Å². The summed E-state index contributed by atoms with van der Waals surface area (Å²) in [4.78, 5) is 18.9. The van der Waals surface area contributed by atoms with Crippen molar-refractivity contribution in [3.05, 3.63) is 58.5 Å². The van der Waals surface area contributed by atoms with Gasteiger partial charge in [0.2, 0.25) is 5.89 Å². The zero-order valence-electron chi connectivity index (χ0n) is 11.1. The minimum Gasteiger partial charge on any atom is -0.444 e.